The lowest BCUT2D eigenvalue weighted by Crippen LogP contribution is -2.43. The predicted molar refractivity (Wildman–Crippen MR) is 74.4 cm³/mol. The first-order chi connectivity index (χ1) is 9.09. The molecule has 1 aromatic carbocycles. The van der Waals surface area contributed by atoms with Crippen LogP contribution in [0.15, 0.2) is 24.3 Å². The zero-order valence-electron chi connectivity index (χ0n) is 11.4. The smallest absolute Gasteiger partial charge is 0.119 e. The quantitative estimate of drug-likeness (QED) is 0.659. The summed E-state index contributed by atoms with van der Waals surface area (Å²) in [7, 11) is 0. The molecular weight excluding hydrogens is 242 g/mol. The Balaban J connectivity index is 1.76. The predicted octanol–water partition coefficient (Wildman–Crippen LogP) is 1.10. The average molecular weight is 265 g/mol. The minimum atomic E-state index is -0.855. The molecule has 0 aliphatic heterocycles. The summed E-state index contributed by atoms with van der Waals surface area (Å²) in [5.74, 6) is 0.744. The fourth-order valence-corrected chi connectivity index (χ4v) is 1.82. The van der Waals surface area contributed by atoms with Crippen molar-refractivity contribution in [1.29, 1.82) is 0 Å². The van der Waals surface area contributed by atoms with Gasteiger partial charge in [0.25, 0.3) is 0 Å². The van der Waals surface area contributed by atoms with E-state index in [-0.39, 0.29) is 13.2 Å². The first-order valence-corrected chi connectivity index (χ1v) is 6.87. The Hall–Kier alpha value is -1.10. The number of benzene rings is 1. The molecule has 3 N–H and O–H groups in total. The molecule has 0 saturated heterocycles. The molecule has 0 bridgehead atoms. The van der Waals surface area contributed by atoms with E-state index in [1.807, 2.05) is 24.3 Å². The fourth-order valence-electron chi connectivity index (χ4n) is 1.82. The van der Waals surface area contributed by atoms with Crippen molar-refractivity contribution < 1.29 is 14.9 Å². The van der Waals surface area contributed by atoms with Gasteiger partial charge in [-0.2, -0.15) is 0 Å². The molecule has 1 saturated carbocycles. The highest BCUT2D eigenvalue weighted by Gasteiger charge is 2.27. The molecule has 4 nitrogen and oxygen atoms in total. The molecule has 0 aromatic heterocycles. The van der Waals surface area contributed by atoms with Crippen molar-refractivity contribution in [2.45, 2.75) is 37.8 Å². The van der Waals surface area contributed by atoms with Crippen molar-refractivity contribution in [3.63, 3.8) is 0 Å². The molecule has 0 amide bonds. The van der Waals surface area contributed by atoms with Gasteiger partial charge in [-0.25, -0.2) is 0 Å². The molecule has 106 valence electrons. The Morgan fingerprint density at radius 2 is 2.00 bits per heavy atom. The second kappa shape index (κ2) is 6.37. The summed E-state index contributed by atoms with van der Waals surface area (Å²) in [5, 5.41) is 22.3. The third-order valence-corrected chi connectivity index (χ3v) is 3.22. The van der Waals surface area contributed by atoms with Gasteiger partial charge in [0.1, 0.15) is 18.0 Å². The summed E-state index contributed by atoms with van der Waals surface area (Å²) in [6, 6.07) is 8.19. The van der Waals surface area contributed by atoms with E-state index >= 15 is 0 Å². The van der Waals surface area contributed by atoms with Crippen LogP contribution in [-0.4, -0.2) is 41.6 Å². The Morgan fingerprint density at radius 1 is 1.32 bits per heavy atom. The number of aliphatic hydroxyl groups excluding tert-OH is 1. The first kappa shape index (κ1) is 14.3. The van der Waals surface area contributed by atoms with Crippen molar-refractivity contribution in [2.24, 2.45) is 0 Å². The average Bonchev–Trinajstić information content (AvgIpc) is 3.20. The van der Waals surface area contributed by atoms with E-state index in [2.05, 4.69) is 5.32 Å². The van der Waals surface area contributed by atoms with Crippen LogP contribution in [-0.2, 0) is 6.42 Å². The molecule has 4 heteroatoms. The van der Waals surface area contributed by atoms with Gasteiger partial charge >= 0.3 is 0 Å². The summed E-state index contributed by atoms with van der Waals surface area (Å²) in [4.78, 5) is 0. The lowest BCUT2D eigenvalue weighted by Gasteiger charge is -2.24. The maximum atomic E-state index is 10.2. The van der Waals surface area contributed by atoms with Gasteiger partial charge in [0.2, 0.25) is 0 Å². The Morgan fingerprint density at radius 3 is 2.58 bits per heavy atom. The molecular formula is C15H23NO3. The van der Waals surface area contributed by atoms with Crippen LogP contribution in [0.2, 0.25) is 0 Å². The Kier molecular flexibility index (Phi) is 4.80. The number of hydrogen-bond donors (Lipinski definition) is 3. The summed E-state index contributed by atoms with van der Waals surface area (Å²) < 4.78 is 5.60. The Bertz CT molecular complexity index is 385. The molecule has 1 unspecified atom stereocenters. The molecule has 1 aromatic rings. The van der Waals surface area contributed by atoms with Crippen molar-refractivity contribution in [3.8, 4) is 5.75 Å². The third kappa shape index (κ3) is 5.19. The van der Waals surface area contributed by atoms with Crippen LogP contribution in [0.1, 0.15) is 25.3 Å². The maximum Gasteiger partial charge on any atom is 0.119 e. The maximum absolute atomic E-state index is 10.2. The third-order valence-electron chi connectivity index (χ3n) is 3.22. The van der Waals surface area contributed by atoms with Crippen molar-refractivity contribution in [2.75, 3.05) is 19.8 Å². The molecule has 1 fully saturated rings. The van der Waals surface area contributed by atoms with Crippen LogP contribution >= 0.6 is 0 Å². The normalized spacial score (nSPS) is 18.1. The molecule has 19 heavy (non-hydrogen) atoms. The van der Waals surface area contributed by atoms with Crippen LogP contribution in [0, 0.1) is 0 Å². The highest BCUT2D eigenvalue weighted by molar-refractivity contribution is 5.27. The van der Waals surface area contributed by atoms with Crippen LogP contribution < -0.4 is 10.1 Å². The van der Waals surface area contributed by atoms with Crippen molar-refractivity contribution in [3.05, 3.63) is 29.8 Å². The van der Waals surface area contributed by atoms with E-state index in [0.29, 0.717) is 19.0 Å². The molecule has 0 heterocycles. The van der Waals surface area contributed by atoms with Gasteiger partial charge < -0.3 is 20.3 Å². The first-order valence-electron chi connectivity index (χ1n) is 6.87. The van der Waals surface area contributed by atoms with Crippen LogP contribution in [0.25, 0.3) is 0 Å². The van der Waals surface area contributed by atoms with E-state index in [1.165, 1.54) is 12.8 Å². The van der Waals surface area contributed by atoms with Crippen LogP contribution in [0.3, 0.4) is 0 Å². The zero-order chi connectivity index (χ0) is 13.7. The lowest BCUT2D eigenvalue weighted by atomic mass is 10.1. The summed E-state index contributed by atoms with van der Waals surface area (Å²) >= 11 is 0. The van der Waals surface area contributed by atoms with Gasteiger partial charge in [-0.3, -0.25) is 0 Å². The standard InChI is InChI=1S/C15H23NO3/c1-15(18,10-16-13-4-5-13)11-19-14-6-2-12(3-7-14)8-9-17/h2-3,6-7,13,16-18H,4-5,8-11H2,1H3. The number of aliphatic hydroxyl groups is 2. The second-order valence-electron chi connectivity index (χ2n) is 5.56. The minimum Gasteiger partial charge on any atom is -0.491 e. The Labute approximate surface area is 114 Å². The van der Waals surface area contributed by atoms with Gasteiger partial charge in [-0.15, -0.1) is 0 Å². The number of hydrogen-bond acceptors (Lipinski definition) is 4. The van der Waals surface area contributed by atoms with Crippen LogP contribution in [0.4, 0.5) is 0 Å². The monoisotopic (exact) mass is 265 g/mol. The molecule has 0 spiro atoms. The largest absolute Gasteiger partial charge is 0.491 e. The lowest BCUT2D eigenvalue weighted by molar-refractivity contribution is 0.0120. The van der Waals surface area contributed by atoms with Gasteiger partial charge in [-0.05, 0) is 43.9 Å². The van der Waals surface area contributed by atoms with E-state index in [4.69, 9.17) is 9.84 Å². The van der Waals surface area contributed by atoms with E-state index in [9.17, 15) is 5.11 Å². The van der Waals surface area contributed by atoms with Gasteiger partial charge in [0.15, 0.2) is 0 Å². The highest BCUT2D eigenvalue weighted by atomic mass is 16.5. The number of rotatable bonds is 8. The van der Waals surface area contributed by atoms with Crippen molar-refractivity contribution >= 4 is 0 Å². The SMILES string of the molecule is CC(O)(CNC1CC1)COc1ccc(CCO)cc1. The molecule has 2 rings (SSSR count). The van der Waals surface area contributed by atoms with Gasteiger partial charge in [0.05, 0.1) is 0 Å². The zero-order valence-corrected chi connectivity index (χ0v) is 11.4. The van der Waals surface area contributed by atoms with Crippen LogP contribution in [0.5, 0.6) is 5.75 Å². The molecule has 1 aliphatic carbocycles. The number of nitrogens with one attached hydrogen (secondary N) is 1. The topological polar surface area (TPSA) is 61.7 Å². The minimum absolute atomic E-state index is 0.155. The molecule has 1 aliphatic rings. The number of ether oxygens (including phenoxy) is 1. The highest BCUT2D eigenvalue weighted by Crippen LogP contribution is 2.20. The second-order valence-corrected chi connectivity index (χ2v) is 5.56. The van der Waals surface area contributed by atoms with E-state index in [0.717, 1.165) is 11.3 Å². The van der Waals surface area contributed by atoms with E-state index in [1.54, 1.807) is 6.92 Å². The van der Waals surface area contributed by atoms with Crippen molar-refractivity contribution in [1.82, 2.24) is 5.32 Å². The van der Waals surface area contributed by atoms with E-state index < -0.39 is 5.60 Å². The van der Waals surface area contributed by atoms with Gasteiger partial charge in [-0.1, -0.05) is 12.1 Å². The summed E-state index contributed by atoms with van der Waals surface area (Å²) in [6.07, 6.45) is 3.08. The summed E-state index contributed by atoms with van der Waals surface area (Å²) in [6.45, 7) is 2.76. The van der Waals surface area contributed by atoms with Gasteiger partial charge in [0, 0.05) is 19.2 Å². The summed E-state index contributed by atoms with van der Waals surface area (Å²) in [5.41, 5.74) is 0.226. The molecule has 1 atom stereocenters. The fraction of sp³-hybridized carbons (Fsp3) is 0.600. The molecule has 0 radical (unpaired) electrons.